The predicted molar refractivity (Wildman–Crippen MR) is 117 cm³/mol. The molecule has 2 atom stereocenters. The highest BCUT2D eigenvalue weighted by Gasteiger charge is 2.69. The van der Waals surface area contributed by atoms with E-state index in [4.69, 9.17) is 10.8 Å². The molecule has 0 saturated heterocycles. The van der Waals surface area contributed by atoms with Gasteiger partial charge in [0.2, 0.25) is 11.8 Å². The van der Waals surface area contributed by atoms with E-state index in [1.807, 2.05) is 5.32 Å². The van der Waals surface area contributed by atoms with Gasteiger partial charge in [0.1, 0.15) is 18.6 Å². The van der Waals surface area contributed by atoms with E-state index in [0.717, 1.165) is 12.1 Å². The van der Waals surface area contributed by atoms with Gasteiger partial charge in [0.15, 0.2) is 9.85 Å². The van der Waals surface area contributed by atoms with Crippen LogP contribution >= 0.6 is 12.6 Å². The summed E-state index contributed by atoms with van der Waals surface area (Å²) in [4.78, 5) is 78.9. The third kappa shape index (κ3) is 7.71. The number of nitrogens with one attached hydrogen (secondary N) is 2. The Hall–Kier alpha value is -4.12. The number of nitro groups is 2. The second-order valence-electron chi connectivity index (χ2n) is 6.80. The zero-order valence-electron chi connectivity index (χ0n) is 17.8. The highest BCUT2D eigenvalue weighted by molar-refractivity contribution is 7.80. The molecule has 1 aromatic carbocycles. The molecular weight excluding hydrogens is 494 g/mol. The zero-order chi connectivity index (χ0) is 26.8. The second-order valence-corrected chi connectivity index (χ2v) is 7.16. The number of amides is 2. The van der Waals surface area contributed by atoms with E-state index in [1.54, 1.807) is 0 Å². The molecule has 5 N–H and O–H groups in total. The number of hydrogen-bond acceptors (Lipinski definition) is 12. The monoisotopic (exact) mass is 515 g/mol. The van der Waals surface area contributed by atoms with E-state index in [2.05, 4.69) is 22.7 Å². The van der Waals surface area contributed by atoms with E-state index in [0.29, 0.717) is 0 Å². The van der Waals surface area contributed by atoms with Crippen LogP contribution in [-0.2, 0) is 23.9 Å². The topological polar surface area (TPSA) is 251 Å². The number of hydrogen-bond donors (Lipinski definition) is 5. The molecule has 0 radical (unpaired) electrons. The number of benzene rings is 1. The normalized spacial score (nSPS) is 12.5. The molecule has 1 rings (SSSR count). The van der Waals surface area contributed by atoms with Gasteiger partial charge in [0.25, 0.3) is 0 Å². The van der Waals surface area contributed by atoms with Crippen molar-refractivity contribution in [2.45, 2.75) is 30.8 Å². The number of carbonyl (C=O) groups excluding carboxylic acids is 4. The van der Waals surface area contributed by atoms with Crippen LogP contribution in [0.5, 0.6) is 0 Å². The van der Waals surface area contributed by atoms with Gasteiger partial charge in [-0.2, -0.15) is 12.6 Å². The van der Waals surface area contributed by atoms with Crippen LogP contribution in [0.25, 0.3) is 0 Å². The average molecular weight is 515 g/mol. The molecule has 0 fully saturated rings. The van der Waals surface area contributed by atoms with Crippen LogP contribution in [0.2, 0.25) is 0 Å². The summed E-state index contributed by atoms with van der Waals surface area (Å²) in [6.45, 7) is -1.13. The van der Waals surface area contributed by atoms with Crippen molar-refractivity contribution >= 4 is 42.2 Å². The highest BCUT2D eigenvalue weighted by atomic mass is 32.1. The number of rotatable bonds is 14. The molecule has 2 amide bonds. The lowest BCUT2D eigenvalue weighted by atomic mass is 10.1. The molecule has 0 aliphatic rings. The lowest BCUT2D eigenvalue weighted by molar-refractivity contribution is -0.819. The van der Waals surface area contributed by atoms with Gasteiger partial charge in [-0.15, -0.1) is 0 Å². The Morgan fingerprint density at radius 2 is 1.69 bits per heavy atom. The number of ether oxygens (including phenoxy) is 1. The minimum atomic E-state index is -4.00. The van der Waals surface area contributed by atoms with Crippen LogP contribution in [-0.4, -0.2) is 74.7 Å². The Morgan fingerprint density at radius 3 is 2.17 bits per heavy atom. The van der Waals surface area contributed by atoms with Crippen molar-refractivity contribution < 1.29 is 43.7 Å². The van der Waals surface area contributed by atoms with E-state index in [9.17, 15) is 44.2 Å². The number of nitrogens with two attached hydrogens (primary N) is 1. The average Bonchev–Trinajstić information content (AvgIpc) is 2.82. The Morgan fingerprint density at radius 1 is 1.11 bits per heavy atom. The van der Waals surface area contributed by atoms with E-state index in [-0.39, 0.29) is 18.6 Å². The SMILES string of the molecule is NC(CCC(=O)NC(CS)C(=O)NCC(=O)OC(C(=O)c1ccccc1)([N+](=O)[O-])[N+](=O)[O-])C(=O)O. The molecule has 0 bridgehead atoms. The lowest BCUT2D eigenvalue weighted by Gasteiger charge is -2.18. The first kappa shape index (κ1) is 28.9. The quantitative estimate of drug-likeness (QED) is 0.0466. The summed E-state index contributed by atoms with van der Waals surface area (Å²) >= 11 is 3.87. The number of carbonyl (C=O) groups is 5. The smallest absolute Gasteiger partial charge is 0.480 e. The third-order valence-electron chi connectivity index (χ3n) is 4.32. The summed E-state index contributed by atoms with van der Waals surface area (Å²) in [5.41, 5.74) is 4.80. The van der Waals surface area contributed by atoms with Crippen LogP contribution in [0.4, 0.5) is 0 Å². The van der Waals surface area contributed by atoms with Crippen molar-refractivity contribution in [1.29, 1.82) is 0 Å². The van der Waals surface area contributed by atoms with Crippen molar-refractivity contribution in [3.8, 4) is 0 Å². The minimum Gasteiger partial charge on any atom is -0.480 e. The fraction of sp³-hybridized carbons (Fsp3) is 0.389. The maximum atomic E-state index is 12.5. The maximum absolute atomic E-state index is 12.5. The molecule has 0 saturated carbocycles. The summed E-state index contributed by atoms with van der Waals surface area (Å²) in [7, 11) is 0. The van der Waals surface area contributed by atoms with Crippen molar-refractivity contribution in [3.63, 3.8) is 0 Å². The van der Waals surface area contributed by atoms with Gasteiger partial charge in [-0.05, 0) is 6.42 Å². The first-order valence-corrected chi connectivity index (χ1v) is 10.3. The fourth-order valence-electron chi connectivity index (χ4n) is 2.48. The zero-order valence-corrected chi connectivity index (χ0v) is 18.7. The fourth-order valence-corrected chi connectivity index (χ4v) is 2.74. The van der Waals surface area contributed by atoms with Gasteiger partial charge >= 0.3 is 23.6 Å². The predicted octanol–water partition coefficient (Wildman–Crippen LogP) is -1.66. The van der Waals surface area contributed by atoms with Crippen LogP contribution < -0.4 is 16.4 Å². The third-order valence-corrected chi connectivity index (χ3v) is 4.69. The summed E-state index contributed by atoms with van der Waals surface area (Å²) in [6.07, 6.45) is -0.573. The summed E-state index contributed by atoms with van der Waals surface area (Å²) < 4.78 is 4.33. The van der Waals surface area contributed by atoms with Crippen molar-refractivity contribution in [2.24, 2.45) is 5.73 Å². The Balaban J connectivity index is 2.84. The van der Waals surface area contributed by atoms with Gasteiger partial charge in [-0.1, -0.05) is 30.3 Å². The Kier molecular flexibility index (Phi) is 10.7. The molecule has 190 valence electrons. The molecule has 35 heavy (non-hydrogen) atoms. The second kappa shape index (κ2) is 12.9. The van der Waals surface area contributed by atoms with Gasteiger partial charge in [-0.25, -0.2) is 4.79 Å². The summed E-state index contributed by atoms with van der Waals surface area (Å²) in [5.74, 6) is -10.8. The molecule has 0 aromatic heterocycles. The highest BCUT2D eigenvalue weighted by Crippen LogP contribution is 2.20. The van der Waals surface area contributed by atoms with Crippen LogP contribution in [0.3, 0.4) is 0 Å². The minimum absolute atomic E-state index is 0.228. The number of nitrogens with zero attached hydrogens (tertiary/aromatic N) is 2. The molecule has 0 aliphatic carbocycles. The summed E-state index contributed by atoms with van der Waals surface area (Å²) in [6, 6.07) is 3.45. The number of ketones is 1. The number of aliphatic carboxylic acids is 1. The van der Waals surface area contributed by atoms with Crippen molar-refractivity contribution in [1.82, 2.24) is 10.6 Å². The largest absolute Gasteiger partial charge is 0.689 e. The first-order valence-electron chi connectivity index (χ1n) is 9.63. The van der Waals surface area contributed by atoms with E-state index < -0.39 is 69.4 Å². The molecule has 17 heteroatoms. The summed E-state index contributed by atoms with van der Waals surface area (Å²) in [5, 5.41) is 35.8. The number of carboxylic acid groups (broad SMARTS) is 1. The van der Waals surface area contributed by atoms with Crippen LogP contribution in [0.15, 0.2) is 30.3 Å². The van der Waals surface area contributed by atoms with E-state index >= 15 is 0 Å². The molecule has 1 aromatic rings. The number of thiol groups is 1. The number of Topliss-reactive ketones (excluding diaryl/α,β-unsaturated/α-hetero) is 1. The van der Waals surface area contributed by atoms with Crippen molar-refractivity contribution in [2.75, 3.05) is 12.3 Å². The molecule has 0 spiro atoms. The lowest BCUT2D eigenvalue weighted by Crippen LogP contribution is -2.58. The van der Waals surface area contributed by atoms with Crippen LogP contribution in [0, 0.1) is 20.2 Å². The maximum Gasteiger partial charge on any atom is 0.689 e. The van der Waals surface area contributed by atoms with Gasteiger partial charge < -0.3 is 26.2 Å². The van der Waals surface area contributed by atoms with Gasteiger partial charge in [-0.3, -0.25) is 39.4 Å². The molecule has 0 aliphatic heterocycles. The first-order chi connectivity index (χ1) is 16.4. The van der Waals surface area contributed by atoms with E-state index in [1.165, 1.54) is 18.2 Å². The van der Waals surface area contributed by atoms with Gasteiger partial charge in [0.05, 0.1) is 0 Å². The Bertz CT molecular complexity index is 990. The van der Waals surface area contributed by atoms with Crippen molar-refractivity contribution in [3.05, 3.63) is 56.1 Å². The molecular formula is C18H21N5O11S. The molecule has 2 unspecified atom stereocenters. The van der Waals surface area contributed by atoms with Crippen LogP contribution in [0.1, 0.15) is 23.2 Å². The number of carboxylic acids is 1. The Labute approximate surface area is 201 Å². The molecule has 0 heterocycles. The molecule has 16 nitrogen and oxygen atoms in total. The standard InChI is InChI=1S/C18H21N5O11S/c19-11(17(28)29)6-7-13(24)21-12(9-35)16(27)20-8-14(25)34-18(22(30)31,23(32)33)15(26)10-4-2-1-3-5-10/h1-5,11-12,35H,6-9,19H2,(H,20,27)(H,21,24)(H,28,29). The number of esters is 1. The van der Waals surface area contributed by atoms with Gasteiger partial charge in [0, 0.05) is 17.7 Å².